The van der Waals surface area contributed by atoms with Crippen LogP contribution in [-0.4, -0.2) is 4.98 Å². The lowest BCUT2D eigenvalue weighted by molar-refractivity contribution is 1.05. The predicted octanol–water partition coefficient (Wildman–Crippen LogP) is 5.51. The van der Waals surface area contributed by atoms with E-state index in [4.69, 9.17) is 0 Å². The van der Waals surface area contributed by atoms with Gasteiger partial charge in [0.05, 0.1) is 5.52 Å². The summed E-state index contributed by atoms with van der Waals surface area (Å²) in [6, 6.07) is 17.2. The van der Waals surface area contributed by atoms with Gasteiger partial charge in [0.1, 0.15) is 0 Å². The van der Waals surface area contributed by atoms with Gasteiger partial charge in [-0.05, 0) is 34.4 Å². The monoisotopic (exact) mass is 293 g/mol. The minimum absolute atomic E-state index is 0.401. The summed E-state index contributed by atoms with van der Waals surface area (Å²) >= 11 is 0. The third-order valence-corrected chi connectivity index (χ3v) is 4.77. The number of aromatic nitrogens is 1. The van der Waals surface area contributed by atoms with Gasteiger partial charge in [0.25, 0.3) is 0 Å². The van der Waals surface area contributed by atoms with Crippen molar-refractivity contribution in [1.82, 2.24) is 4.98 Å². The van der Waals surface area contributed by atoms with Gasteiger partial charge in [-0.2, -0.15) is 0 Å². The summed E-state index contributed by atoms with van der Waals surface area (Å²) in [7, 11) is 0. The summed E-state index contributed by atoms with van der Waals surface area (Å²) in [5.41, 5.74) is 7.66. The Labute approximate surface area is 135 Å². The van der Waals surface area contributed by atoms with Gasteiger partial charge in [0.15, 0.2) is 0 Å². The highest BCUT2D eigenvalue weighted by atomic mass is 14.6. The van der Waals surface area contributed by atoms with Crippen molar-refractivity contribution in [3.63, 3.8) is 0 Å². The van der Waals surface area contributed by atoms with Crippen molar-refractivity contribution in [2.75, 3.05) is 0 Å². The molecule has 1 heterocycles. The summed E-state index contributed by atoms with van der Waals surface area (Å²) in [5.74, 6) is 0.401. The molecular formula is C22H15N. The second-order valence-electron chi connectivity index (χ2n) is 6.06. The molecule has 1 atom stereocenters. The molecule has 0 spiro atoms. The number of pyridine rings is 1. The summed E-state index contributed by atoms with van der Waals surface area (Å²) < 4.78 is 0. The maximum atomic E-state index is 4.63. The first-order chi connectivity index (χ1) is 11.4. The molecule has 0 bridgehead atoms. The van der Waals surface area contributed by atoms with E-state index in [2.05, 4.69) is 77.8 Å². The number of hydrogen-bond donors (Lipinski definition) is 0. The standard InChI is InChI=1S/C22H15N/c1-2-9-17-16(6-1)14-21-18(17)10-4-11-19(21)20-12-3-7-15-8-5-13-23-22(15)20/h1-14,17H. The first kappa shape index (κ1) is 12.6. The summed E-state index contributed by atoms with van der Waals surface area (Å²) in [5, 5.41) is 1.19. The fraction of sp³-hybridized carbons (Fsp3) is 0.0455. The van der Waals surface area contributed by atoms with Gasteiger partial charge < -0.3 is 0 Å². The average molecular weight is 293 g/mol. The smallest absolute Gasteiger partial charge is 0.0780 e. The summed E-state index contributed by atoms with van der Waals surface area (Å²) in [4.78, 5) is 4.63. The van der Waals surface area contributed by atoms with Crippen LogP contribution in [0.4, 0.5) is 0 Å². The minimum Gasteiger partial charge on any atom is -0.256 e. The van der Waals surface area contributed by atoms with Gasteiger partial charge in [-0.15, -0.1) is 0 Å². The predicted molar refractivity (Wildman–Crippen MR) is 96.2 cm³/mol. The Morgan fingerprint density at radius 2 is 1.70 bits per heavy atom. The van der Waals surface area contributed by atoms with Crippen molar-refractivity contribution in [3.05, 3.63) is 95.7 Å². The third kappa shape index (κ3) is 1.83. The Bertz CT molecular complexity index is 1020. The number of rotatable bonds is 1. The van der Waals surface area contributed by atoms with Crippen molar-refractivity contribution in [3.8, 4) is 11.1 Å². The maximum absolute atomic E-state index is 4.63. The van der Waals surface area contributed by atoms with Gasteiger partial charge >= 0.3 is 0 Å². The molecule has 0 fully saturated rings. The molecule has 0 N–H and O–H groups in total. The Morgan fingerprint density at radius 1 is 0.826 bits per heavy atom. The molecule has 0 amide bonds. The molecule has 5 rings (SSSR count). The highest BCUT2D eigenvalue weighted by Gasteiger charge is 2.25. The van der Waals surface area contributed by atoms with Crippen LogP contribution in [-0.2, 0) is 0 Å². The molecule has 1 heteroatoms. The van der Waals surface area contributed by atoms with E-state index in [1.54, 1.807) is 0 Å². The van der Waals surface area contributed by atoms with Gasteiger partial charge in [-0.25, -0.2) is 0 Å². The molecule has 1 nitrogen and oxygen atoms in total. The quantitative estimate of drug-likeness (QED) is 0.576. The molecule has 2 aliphatic carbocycles. The Morgan fingerprint density at radius 3 is 2.70 bits per heavy atom. The zero-order valence-electron chi connectivity index (χ0n) is 12.6. The van der Waals surface area contributed by atoms with E-state index in [1.165, 1.54) is 33.2 Å². The lowest BCUT2D eigenvalue weighted by Crippen LogP contribution is -1.96. The Hall–Kier alpha value is -2.93. The van der Waals surface area contributed by atoms with Crippen LogP contribution in [0.2, 0.25) is 0 Å². The normalized spacial score (nSPS) is 17.9. The lowest BCUT2D eigenvalue weighted by Gasteiger charge is -2.14. The maximum Gasteiger partial charge on any atom is 0.0780 e. The second-order valence-corrected chi connectivity index (χ2v) is 6.06. The Kier molecular flexibility index (Phi) is 2.62. The van der Waals surface area contributed by atoms with Crippen molar-refractivity contribution in [2.24, 2.45) is 0 Å². The molecule has 2 aromatic carbocycles. The minimum atomic E-state index is 0.401. The SMILES string of the molecule is C1=CC2=Cc3c(-c4cccc5cccnc45)cccc3C2C=C1. The van der Waals surface area contributed by atoms with E-state index in [-0.39, 0.29) is 0 Å². The Balaban J connectivity index is 1.80. The van der Waals surface area contributed by atoms with Crippen LogP contribution in [0.3, 0.4) is 0 Å². The summed E-state index contributed by atoms with van der Waals surface area (Å²) in [6.45, 7) is 0. The number of nitrogens with zero attached hydrogens (tertiary/aromatic N) is 1. The number of benzene rings is 2. The van der Waals surface area contributed by atoms with Crippen molar-refractivity contribution >= 4 is 17.0 Å². The fourth-order valence-electron chi connectivity index (χ4n) is 3.72. The van der Waals surface area contributed by atoms with E-state index in [9.17, 15) is 0 Å². The van der Waals surface area contributed by atoms with Crippen LogP contribution in [0.5, 0.6) is 0 Å². The lowest BCUT2D eigenvalue weighted by atomic mass is 9.90. The largest absolute Gasteiger partial charge is 0.256 e. The molecule has 3 aromatic rings. The second kappa shape index (κ2) is 4.79. The molecule has 23 heavy (non-hydrogen) atoms. The highest BCUT2D eigenvalue weighted by Crippen LogP contribution is 2.44. The van der Waals surface area contributed by atoms with Gasteiger partial charge in [0.2, 0.25) is 0 Å². The van der Waals surface area contributed by atoms with Gasteiger partial charge in [-0.3, -0.25) is 4.98 Å². The van der Waals surface area contributed by atoms with Crippen molar-refractivity contribution in [2.45, 2.75) is 5.92 Å². The molecule has 108 valence electrons. The molecule has 0 aliphatic heterocycles. The first-order valence-electron chi connectivity index (χ1n) is 7.95. The zero-order valence-corrected chi connectivity index (χ0v) is 12.6. The fourth-order valence-corrected chi connectivity index (χ4v) is 3.72. The molecule has 1 aromatic heterocycles. The van der Waals surface area contributed by atoms with E-state index >= 15 is 0 Å². The number of para-hydroxylation sites is 1. The zero-order chi connectivity index (χ0) is 15.2. The molecule has 0 saturated carbocycles. The first-order valence-corrected chi connectivity index (χ1v) is 7.95. The van der Waals surface area contributed by atoms with Crippen LogP contribution in [0, 0.1) is 0 Å². The van der Waals surface area contributed by atoms with Crippen LogP contribution in [0.15, 0.2) is 84.6 Å². The number of allylic oxidation sites excluding steroid dienone is 5. The van der Waals surface area contributed by atoms with E-state index in [0.29, 0.717) is 5.92 Å². The molecule has 1 unspecified atom stereocenters. The van der Waals surface area contributed by atoms with Gasteiger partial charge in [-0.1, -0.05) is 66.8 Å². The molecule has 0 saturated heterocycles. The van der Waals surface area contributed by atoms with Gasteiger partial charge in [0, 0.05) is 23.1 Å². The molecule has 0 radical (unpaired) electrons. The van der Waals surface area contributed by atoms with Crippen LogP contribution >= 0.6 is 0 Å². The van der Waals surface area contributed by atoms with Crippen LogP contribution < -0.4 is 0 Å². The number of hydrogen-bond acceptors (Lipinski definition) is 1. The van der Waals surface area contributed by atoms with Crippen LogP contribution in [0.25, 0.3) is 28.1 Å². The highest BCUT2D eigenvalue weighted by molar-refractivity contribution is 5.97. The van der Waals surface area contributed by atoms with E-state index in [1.807, 2.05) is 12.3 Å². The average Bonchev–Trinajstić information content (AvgIpc) is 3.00. The van der Waals surface area contributed by atoms with Crippen molar-refractivity contribution < 1.29 is 0 Å². The third-order valence-electron chi connectivity index (χ3n) is 4.77. The molecule has 2 aliphatic rings. The van der Waals surface area contributed by atoms with Crippen molar-refractivity contribution in [1.29, 1.82) is 0 Å². The summed E-state index contributed by atoms with van der Waals surface area (Å²) in [6.07, 6.45) is 13.0. The van der Waals surface area contributed by atoms with E-state index in [0.717, 1.165) is 5.52 Å². The van der Waals surface area contributed by atoms with Crippen LogP contribution in [0.1, 0.15) is 17.0 Å². The number of fused-ring (bicyclic) bond motifs is 4. The topological polar surface area (TPSA) is 12.9 Å². The molecular weight excluding hydrogens is 278 g/mol. The van der Waals surface area contributed by atoms with E-state index < -0.39 is 0 Å².